The average Bonchev–Trinajstić information content (AvgIpc) is 2.70. The Morgan fingerprint density at radius 1 is 0.852 bits per heavy atom. The van der Waals surface area contributed by atoms with Crippen LogP contribution in [0.2, 0.25) is 0 Å². The molecule has 1 aromatic heterocycles. The number of ether oxygens (including phenoxy) is 1. The summed E-state index contributed by atoms with van der Waals surface area (Å²) < 4.78 is 5.25. The molecule has 0 aliphatic rings. The third-order valence-corrected chi connectivity index (χ3v) is 4.59. The number of hydrogen-bond acceptors (Lipinski definition) is 4. The van der Waals surface area contributed by atoms with Gasteiger partial charge < -0.3 is 10.1 Å². The van der Waals surface area contributed by atoms with Crippen molar-refractivity contribution in [2.75, 3.05) is 12.4 Å². The summed E-state index contributed by atoms with van der Waals surface area (Å²) in [7, 11) is 1.66. The monoisotopic (exact) mass is 355 g/mol. The molecule has 0 unspecified atom stereocenters. The highest BCUT2D eigenvalue weighted by Crippen LogP contribution is 2.29. The first-order valence-electron chi connectivity index (χ1n) is 8.89. The van der Waals surface area contributed by atoms with E-state index in [9.17, 15) is 0 Å². The summed E-state index contributed by atoms with van der Waals surface area (Å²) in [5, 5.41) is 4.49. The van der Waals surface area contributed by atoms with E-state index in [0.717, 1.165) is 33.7 Å². The lowest BCUT2D eigenvalue weighted by Crippen LogP contribution is -2.00. The van der Waals surface area contributed by atoms with Crippen molar-refractivity contribution in [2.45, 2.75) is 13.8 Å². The number of fused-ring (bicyclic) bond motifs is 1. The van der Waals surface area contributed by atoms with Gasteiger partial charge in [-0.2, -0.15) is 0 Å². The molecule has 0 atom stereocenters. The molecule has 0 bridgehead atoms. The minimum atomic E-state index is 0.684. The molecule has 0 aliphatic carbocycles. The number of aryl methyl sites for hydroxylation is 2. The van der Waals surface area contributed by atoms with E-state index in [1.54, 1.807) is 7.11 Å². The van der Waals surface area contributed by atoms with Crippen molar-refractivity contribution in [2.24, 2.45) is 0 Å². The van der Waals surface area contributed by atoms with Crippen molar-refractivity contribution in [3.8, 4) is 17.1 Å². The molecule has 4 nitrogen and oxygen atoms in total. The van der Waals surface area contributed by atoms with Crippen LogP contribution in [-0.4, -0.2) is 17.1 Å². The number of para-hydroxylation sites is 1. The van der Waals surface area contributed by atoms with Crippen molar-refractivity contribution >= 4 is 22.4 Å². The molecule has 4 aromatic rings. The summed E-state index contributed by atoms with van der Waals surface area (Å²) in [6.07, 6.45) is 0. The van der Waals surface area contributed by atoms with Gasteiger partial charge in [0, 0.05) is 16.6 Å². The topological polar surface area (TPSA) is 47.0 Å². The third-order valence-electron chi connectivity index (χ3n) is 4.59. The van der Waals surface area contributed by atoms with E-state index < -0.39 is 0 Å². The van der Waals surface area contributed by atoms with Crippen molar-refractivity contribution in [1.82, 2.24) is 9.97 Å². The Kier molecular flexibility index (Phi) is 4.47. The van der Waals surface area contributed by atoms with Gasteiger partial charge in [-0.1, -0.05) is 29.8 Å². The van der Waals surface area contributed by atoms with Gasteiger partial charge in [-0.25, -0.2) is 9.97 Å². The Morgan fingerprint density at radius 2 is 1.63 bits per heavy atom. The highest BCUT2D eigenvalue weighted by atomic mass is 16.5. The molecule has 0 saturated carbocycles. The van der Waals surface area contributed by atoms with E-state index >= 15 is 0 Å². The second-order valence-electron chi connectivity index (χ2n) is 6.58. The van der Waals surface area contributed by atoms with Crippen LogP contribution in [0.1, 0.15) is 11.1 Å². The number of aromatic nitrogens is 2. The number of hydrogen-bond donors (Lipinski definition) is 1. The van der Waals surface area contributed by atoms with Crippen molar-refractivity contribution in [1.29, 1.82) is 0 Å². The standard InChI is InChI=1S/C23H21N3O/c1-15-8-13-20(16(2)14-15)24-23-19-6-4-5-7-21(19)25-22(26-23)17-9-11-18(27-3)12-10-17/h4-14H,1-3H3,(H,24,25,26). The van der Waals surface area contributed by atoms with Crippen LogP contribution < -0.4 is 10.1 Å². The second kappa shape index (κ2) is 7.08. The zero-order valence-corrected chi connectivity index (χ0v) is 15.7. The third kappa shape index (κ3) is 3.47. The summed E-state index contributed by atoms with van der Waals surface area (Å²) in [5.41, 5.74) is 5.33. The van der Waals surface area contributed by atoms with Gasteiger partial charge in [-0.3, -0.25) is 0 Å². The molecule has 1 N–H and O–H groups in total. The summed E-state index contributed by atoms with van der Waals surface area (Å²) in [6, 6.07) is 22.2. The first-order chi connectivity index (χ1) is 13.1. The predicted octanol–water partition coefficient (Wildman–Crippen LogP) is 5.67. The molecule has 0 saturated heterocycles. The fourth-order valence-corrected chi connectivity index (χ4v) is 3.12. The summed E-state index contributed by atoms with van der Waals surface area (Å²) in [4.78, 5) is 9.57. The molecule has 0 radical (unpaired) electrons. The van der Waals surface area contributed by atoms with E-state index in [4.69, 9.17) is 14.7 Å². The summed E-state index contributed by atoms with van der Waals surface area (Å²) >= 11 is 0. The normalized spacial score (nSPS) is 10.8. The van der Waals surface area contributed by atoms with Crippen molar-refractivity contribution < 1.29 is 4.74 Å². The van der Waals surface area contributed by atoms with Gasteiger partial charge in [-0.15, -0.1) is 0 Å². The van der Waals surface area contributed by atoms with Crippen LogP contribution in [0.5, 0.6) is 5.75 Å². The molecule has 0 fully saturated rings. The SMILES string of the molecule is COc1ccc(-c2nc(Nc3ccc(C)cc3C)c3ccccc3n2)cc1. The number of methoxy groups -OCH3 is 1. The molecule has 4 rings (SSSR count). The molecular weight excluding hydrogens is 334 g/mol. The fraction of sp³-hybridized carbons (Fsp3) is 0.130. The fourth-order valence-electron chi connectivity index (χ4n) is 3.12. The number of nitrogens with zero attached hydrogens (tertiary/aromatic N) is 2. The quantitative estimate of drug-likeness (QED) is 0.513. The lowest BCUT2D eigenvalue weighted by atomic mass is 10.1. The Morgan fingerprint density at radius 3 is 2.37 bits per heavy atom. The maximum Gasteiger partial charge on any atom is 0.162 e. The van der Waals surface area contributed by atoms with Gasteiger partial charge in [-0.05, 0) is 61.9 Å². The van der Waals surface area contributed by atoms with E-state index in [-0.39, 0.29) is 0 Å². The zero-order valence-electron chi connectivity index (χ0n) is 15.7. The molecule has 3 aromatic carbocycles. The van der Waals surface area contributed by atoms with Crippen LogP contribution >= 0.6 is 0 Å². The molecule has 0 aliphatic heterocycles. The van der Waals surface area contributed by atoms with Crippen molar-refractivity contribution in [3.63, 3.8) is 0 Å². The van der Waals surface area contributed by atoms with E-state index in [0.29, 0.717) is 5.82 Å². The molecule has 1 heterocycles. The maximum atomic E-state index is 5.25. The molecule has 0 amide bonds. The Bertz CT molecular complexity index is 1100. The summed E-state index contributed by atoms with van der Waals surface area (Å²) in [6.45, 7) is 4.20. The highest BCUT2D eigenvalue weighted by molar-refractivity contribution is 5.92. The van der Waals surface area contributed by atoms with E-state index in [1.165, 1.54) is 11.1 Å². The predicted molar refractivity (Wildman–Crippen MR) is 111 cm³/mol. The number of anilines is 2. The summed E-state index contributed by atoms with van der Waals surface area (Å²) in [5.74, 6) is 2.30. The molecule has 0 spiro atoms. The van der Waals surface area contributed by atoms with Crippen LogP contribution in [-0.2, 0) is 0 Å². The zero-order chi connectivity index (χ0) is 18.8. The lowest BCUT2D eigenvalue weighted by molar-refractivity contribution is 0.415. The first-order valence-corrected chi connectivity index (χ1v) is 8.89. The van der Waals surface area contributed by atoms with Gasteiger partial charge in [0.2, 0.25) is 0 Å². The van der Waals surface area contributed by atoms with Crippen LogP contribution in [0, 0.1) is 13.8 Å². The van der Waals surface area contributed by atoms with E-state index in [1.807, 2.05) is 48.5 Å². The van der Waals surface area contributed by atoms with Gasteiger partial charge in [0.15, 0.2) is 5.82 Å². The average molecular weight is 355 g/mol. The molecule has 4 heteroatoms. The largest absolute Gasteiger partial charge is 0.497 e. The number of rotatable bonds is 4. The van der Waals surface area contributed by atoms with Gasteiger partial charge >= 0.3 is 0 Å². The van der Waals surface area contributed by atoms with Gasteiger partial charge in [0.1, 0.15) is 11.6 Å². The van der Waals surface area contributed by atoms with E-state index in [2.05, 4.69) is 37.4 Å². The lowest BCUT2D eigenvalue weighted by Gasteiger charge is -2.13. The smallest absolute Gasteiger partial charge is 0.162 e. The Labute approximate surface area is 158 Å². The molecule has 134 valence electrons. The van der Waals surface area contributed by atoms with Crippen LogP contribution in [0.15, 0.2) is 66.7 Å². The highest BCUT2D eigenvalue weighted by Gasteiger charge is 2.11. The van der Waals surface area contributed by atoms with Crippen LogP contribution in [0.4, 0.5) is 11.5 Å². The van der Waals surface area contributed by atoms with Crippen molar-refractivity contribution in [3.05, 3.63) is 77.9 Å². The maximum absolute atomic E-state index is 5.25. The number of benzene rings is 3. The van der Waals surface area contributed by atoms with Gasteiger partial charge in [0.25, 0.3) is 0 Å². The second-order valence-corrected chi connectivity index (χ2v) is 6.58. The molecular formula is C23H21N3O. The van der Waals surface area contributed by atoms with Gasteiger partial charge in [0.05, 0.1) is 12.6 Å². The number of nitrogens with one attached hydrogen (secondary N) is 1. The Hall–Kier alpha value is -3.40. The minimum absolute atomic E-state index is 0.684. The first kappa shape index (κ1) is 17.0. The molecule has 27 heavy (non-hydrogen) atoms. The van der Waals surface area contributed by atoms with Crippen LogP contribution in [0.25, 0.3) is 22.3 Å². The Balaban J connectivity index is 1.82. The minimum Gasteiger partial charge on any atom is -0.497 e. The van der Waals surface area contributed by atoms with Crippen LogP contribution in [0.3, 0.4) is 0 Å².